The Balaban J connectivity index is 1.69. The van der Waals surface area contributed by atoms with Crippen LogP contribution in [0.15, 0.2) is 47.4 Å². The van der Waals surface area contributed by atoms with E-state index in [0.29, 0.717) is 35.3 Å². The third kappa shape index (κ3) is 5.88. The summed E-state index contributed by atoms with van der Waals surface area (Å²) in [4.78, 5) is 38.3. The molecule has 1 aliphatic rings. The number of methoxy groups -OCH3 is 1. The zero-order valence-corrected chi connectivity index (χ0v) is 18.7. The van der Waals surface area contributed by atoms with Crippen LogP contribution < -0.4 is 14.8 Å². The van der Waals surface area contributed by atoms with E-state index in [1.807, 2.05) is 13.8 Å². The van der Waals surface area contributed by atoms with Gasteiger partial charge in [-0.1, -0.05) is 19.9 Å². The zero-order valence-electron chi connectivity index (χ0n) is 17.9. The lowest BCUT2D eigenvalue weighted by molar-refractivity contribution is -0.127. The number of nitrogens with zero attached hydrogens (tertiary/aromatic N) is 1. The van der Waals surface area contributed by atoms with Gasteiger partial charge in [-0.3, -0.25) is 19.3 Å². The largest absolute Gasteiger partial charge is 0.493 e. The first-order valence-electron chi connectivity index (χ1n) is 9.88. The van der Waals surface area contributed by atoms with Gasteiger partial charge in [-0.2, -0.15) is 0 Å². The van der Waals surface area contributed by atoms with Gasteiger partial charge in [-0.15, -0.1) is 0 Å². The van der Waals surface area contributed by atoms with Crippen LogP contribution in [0.5, 0.6) is 11.5 Å². The Labute approximate surface area is 189 Å². The summed E-state index contributed by atoms with van der Waals surface area (Å²) in [5.74, 6) is -0.107. The first-order valence-corrected chi connectivity index (χ1v) is 10.7. The number of hydrogen-bond acceptors (Lipinski definition) is 6. The highest BCUT2D eigenvalue weighted by atomic mass is 32.2. The number of ether oxygens (including phenoxy) is 2. The number of carbonyl (C=O) groups excluding carboxylic acids is 3. The number of anilines is 1. The number of rotatable bonds is 8. The molecule has 2 aromatic carbocycles. The molecule has 0 atom stereocenters. The fraction of sp³-hybridized carbons (Fsp3) is 0.261. The molecular formula is C23H23FN2O5S. The van der Waals surface area contributed by atoms with Gasteiger partial charge >= 0.3 is 0 Å². The van der Waals surface area contributed by atoms with Crippen LogP contribution in [-0.4, -0.2) is 42.2 Å². The van der Waals surface area contributed by atoms with Crippen LogP contribution in [-0.2, 0) is 9.59 Å². The van der Waals surface area contributed by atoms with E-state index in [-0.39, 0.29) is 4.91 Å². The van der Waals surface area contributed by atoms with E-state index >= 15 is 0 Å². The average molecular weight is 459 g/mol. The van der Waals surface area contributed by atoms with E-state index in [4.69, 9.17) is 9.47 Å². The van der Waals surface area contributed by atoms with Gasteiger partial charge in [0.25, 0.3) is 11.1 Å². The Morgan fingerprint density at radius 2 is 1.88 bits per heavy atom. The summed E-state index contributed by atoms with van der Waals surface area (Å²) in [6.45, 7) is 4.17. The SMILES string of the molecule is COc1cc(/C=C2\SC(=O)N(CC(=O)Nc3ccc(F)cc3)C2=O)ccc1OCC(C)C. The Bertz CT molecular complexity index is 1050. The predicted molar refractivity (Wildman–Crippen MR) is 121 cm³/mol. The third-order valence-electron chi connectivity index (χ3n) is 4.36. The maximum absolute atomic E-state index is 13.0. The van der Waals surface area contributed by atoms with Crippen molar-refractivity contribution < 1.29 is 28.2 Å². The van der Waals surface area contributed by atoms with Crippen molar-refractivity contribution in [3.05, 3.63) is 58.8 Å². The highest BCUT2D eigenvalue weighted by Crippen LogP contribution is 2.34. The van der Waals surface area contributed by atoms with Gasteiger partial charge in [0.2, 0.25) is 5.91 Å². The lowest BCUT2D eigenvalue weighted by Gasteiger charge is -2.13. The molecule has 9 heteroatoms. The highest BCUT2D eigenvalue weighted by Gasteiger charge is 2.36. The summed E-state index contributed by atoms with van der Waals surface area (Å²) in [6, 6.07) is 10.4. The summed E-state index contributed by atoms with van der Waals surface area (Å²) in [5, 5.41) is 1.99. The molecule has 0 aliphatic carbocycles. The van der Waals surface area contributed by atoms with E-state index in [0.717, 1.165) is 16.7 Å². The van der Waals surface area contributed by atoms with Gasteiger partial charge in [0.1, 0.15) is 12.4 Å². The summed E-state index contributed by atoms with van der Waals surface area (Å²) in [6.07, 6.45) is 1.57. The van der Waals surface area contributed by atoms with Crippen LogP contribution in [0.2, 0.25) is 0 Å². The van der Waals surface area contributed by atoms with E-state index in [1.54, 1.807) is 24.3 Å². The number of halogens is 1. The van der Waals surface area contributed by atoms with Gasteiger partial charge in [0.05, 0.1) is 18.6 Å². The Morgan fingerprint density at radius 3 is 2.53 bits per heavy atom. The van der Waals surface area contributed by atoms with Gasteiger partial charge < -0.3 is 14.8 Å². The third-order valence-corrected chi connectivity index (χ3v) is 5.27. The highest BCUT2D eigenvalue weighted by molar-refractivity contribution is 8.18. The smallest absolute Gasteiger partial charge is 0.294 e. The van der Waals surface area contributed by atoms with Crippen molar-refractivity contribution in [1.82, 2.24) is 4.90 Å². The number of hydrogen-bond donors (Lipinski definition) is 1. The van der Waals surface area contributed by atoms with Crippen LogP contribution >= 0.6 is 11.8 Å². The van der Waals surface area contributed by atoms with Crippen molar-refractivity contribution in [3.63, 3.8) is 0 Å². The molecular weight excluding hydrogens is 435 g/mol. The fourth-order valence-electron chi connectivity index (χ4n) is 2.81. The molecule has 1 saturated heterocycles. The maximum atomic E-state index is 13.0. The predicted octanol–water partition coefficient (Wildman–Crippen LogP) is 4.54. The molecule has 32 heavy (non-hydrogen) atoms. The molecule has 0 aromatic heterocycles. The van der Waals surface area contributed by atoms with Crippen molar-refractivity contribution >= 4 is 40.6 Å². The normalized spacial score (nSPS) is 14.9. The number of nitrogens with one attached hydrogen (secondary N) is 1. The second-order valence-corrected chi connectivity index (χ2v) is 8.43. The standard InChI is InChI=1S/C23H23FN2O5S/c1-14(2)13-31-18-9-4-15(10-19(18)30-3)11-20-22(28)26(23(29)32-20)12-21(27)25-17-7-5-16(24)6-8-17/h4-11,14H,12-13H2,1-3H3,(H,25,27)/b20-11-. The molecule has 0 saturated carbocycles. The number of amides is 3. The molecule has 3 amide bonds. The van der Waals surface area contributed by atoms with Crippen LogP contribution in [0.4, 0.5) is 14.9 Å². The van der Waals surface area contributed by atoms with Crippen molar-refractivity contribution in [2.45, 2.75) is 13.8 Å². The molecule has 3 rings (SSSR count). The number of thioether (sulfide) groups is 1. The lowest BCUT2D eigenvalue weighted by atomic mass is 10.1. The monoisotopic (exact) mass is 458 g/mol. The summed E-state index contributed by atoms with van der Waals surface area (Å²) >= 11 is 0.756. The molecule has 7 nitrogen and oxygen atoms in total. The van der Waals surface area contributed by atoms with Crippen LogP contribution in [0, 0.1) is 11.7 Å². The van der Waals surface area contributed by atoms with E-state index in [2.05, 4.69) is 5.32 Å². The second-order valence-electron chi connectivity index (χ2n) is 7.44. The Morgan fingerprint density at radius 1 is 1.16 bits per heavy atom. The summed E-state index contributed by atoms with van der Waals surface area (Å²) < 4.78 is 24.1. The molecule has 0 bridgehead atoms. The van der Waals surface area contributed by atoms with Crippen molar-refractivity contribution in [3.8, 4) is 11.5 Å². The minimum atomic E-state index is -0.562. The van der Waals surface area contributed by atoms with E-state index < -0.39 is 29.4 Å². The first-order chi connectivity index (χ1) is 15.3. The molecule has 0 radical (unpaired) electrons. The molecule has 0 unspecified atom stereocenters. The van der Waals surface area contributed by atoms with Crippen molar-refractivity contribution in [2.75, 3.05) is 25.6 Å². The van der Waals surface area contributed by atoms with Crippen LogP contribution in [0.3, 0.4) is 0 Å². The minimum absolute atomic E-state index is 0.197. The Kier molecular flexibility index (Phi) is 7.53. The fourth-order valence-corrected chi connectivity index (χ4v) is 3.65. The summed E-state index contributed by atoms with van der Waals surface area (Å²) in [7, 11) is 1.52. The van der Waals surface area contributed by atoms with Gasteiger partial charge in [0.15, 0.2) is 11.5 Å². The molecule has 2 aromatic rings. The Hall–Kier alpha value is -3.33. The van der Waals surface area contributed by atoms with E-state index in [1.165, 1.54) is 31.4 Å². The number of carbonyl (C=O) groups is 3. The van der Waals surface area contributed by atoms with Crippen LogP contribution in [0.1, 0.15) is 19.4 Å². The minimum Gasteiger partial charge on any atom is -0.493 e. The van der Waals surface area contributed by atoms with Gasteiger partial charge in [-0.05, 0) is 65.7 Å². The van der Waals surface area contributed by atoms with Gasteiger partial charge in [0, 0.05) is 5.69 Å². The number of benzene rings is 2. The van der Waals surface area contributed by atoms with Crippen molar-refractivity contribution in [1.29, 1.82) is 0 Å². The molecule has 1 heterocycles. The molecule has 1 aliphatic heterocycles. The summed E-state index contributed by atoms with van der Waals surface area (Å²) in [5.41, 5.74) is 1.02. The topological polar surface area (TPSA) is 84.9 Å². The quantitative estimate of drug-likeness (QED) is 0.585. The molecule has 168 valence electrons. The first kappa shape index (κ1) is 23.3. The van der Waals surface area contributed by atoms with Crippen LogP contribution in [0.25, 0.3) is 6.08 Å². The lowest BCUT2D eigenvalue weighted by Crippen LogP contribution is -2.36. The molecule has 0 spiro atoms. The van der Waals surface area contributed by atoms with Crippen molar-refractivity contribution in [2.24, 2.45) is 5.92 Å². The molecule has 1 N–H and O–H groups in total. The average Bonchev–Trinajstić information content (AvgIpc) is 3.01. The van der Waals surface area contributed by atoms with E-state index in [9.17, 15) is 18.8 Å². The second kappa shape index (κ2) is 10.3. The maximum Gasteiger partial charge on any atom is 0.294 e. The number of imide groups is 1. The zero-order chi connectivity index (χ0) is 23.3. The van der Waals surface area contributed by atoms with Gasteiger partial charge in [-0.25, -0.2) is 4.39 Å². The molecule has 1 fully saturated rings.